The number of benzene rings is 1. The van der Waals surface area contributed by atoms with Crippen LogP contribution in [0.2, 0.25) is 0 Å². The Morgan fingerprint density at radius 1 is 1.54 bits per heavy atom. The Hall–Kier alpha value is -0.700. The van der Waals surface area contributed by atoms with Gasteiger partial charge in [-0.1, -0.05) is 13.0 Å². The van der Waals surface area contributed by atoms with Crippen LogP contribution in [0, 0.1) is 5.82 Å². The van der Waals surface area contributed by atoms with Crippen LogP contribution < -0.4 is 0 Å². The normalized spacial score (nSPS) is 10.1. The summed E-state index contributed by atoms with van der Waals surface area (Å²) in [5, 5.41) is 0. The van der Waals surface area contributed by atoms with Gasteiger partial charge in [0, 0.05) is 12.8 Å². The second-order valence-corrected chi connectivity index (χ2v) is 3.67. The van der Waals surface area contributed by atoms with E-state index in [9.17, 15) is 9.18 Å². The average molecular weight is 245 g/mol. The third kappa shape index (κ3) is 2.92. The highest BCUT2D eigenvalue weighted by atomic mass is 79.9. The Bertz CT molecular complexity index is 323. The van der Waals surface area contributed by atoms with E-state index in [1.54, 1.807) is 12.1 Å². The molecule has 0 aliphatic carbocycles. The first-order valence-corrected chi connectivity index (χ1v) is 4.88. The van der Waals surface area contributed by atoms with Gasteiger partial charge in [-0.2, -0.15) is 0 Å². The Balaban J connectivity index is 2.79. The van der Waals surface area contributed by atoms with Gasteiger partial charge in [-0.15, -0.1) is 0 Å². The zero-order valence-electron chi connectivity index (χ0n) is 7.31. The highest BCUT2D eigenvalue weighted by Gasteiger charge is 2.03. The first-order chi connectivity index (χ1) is 6.13. The molecule has 0 saturated heterocycles. The van der Waals surface area contributed by atoms with E-state index in [1.165, 1.54) is 6.07 Å². The van der Waals surface area contributed by atoms with Crippen LogP contribution in [0.5, 0.6) is 0 Å². The molecule has 13 heavy (non-hydrogen) atoms. The van der Waals surface area contributed by atoms with E-state index >= 15 is 0 Å². The van der Waals surface area contributed by atoms with Crippen LogP contribution in [-0.4, -0.2) is 5.78 Å². The number of Topliss-reactive ketones (excluding diaryl/α,β-unsaturated/α-hetero) is 1. The number of hydrogen-bond donors (Lipinski definition) is 0. The van der Waals surface area contributed by atoms with Gasteiger partial charge in [-0.3, -0.25) is 4.79 Å². The molecule has 1 nitrogen and oxygen atoms in total. The lowest BCUT2D eigenvalue weighted by molar-refractivity contribution is -0.118. The summed E-state index contributed by atoms with van der Waals surface area (Å²) in [7, 11) is 0. The highest BCUT2D eigenvalue weighted by Crippen LogP contribution is 2.17. The molecule has 0 aromatic heterocycles. The summed E-state index contributed by atoms with van der Waals surface area (Å²) in [6.45, 7) is 1.82. The number of halogens is 2. The van der Waals surface area contributed by atoms with Gasteiger partial charge in [0.25, 0.3) is 0 Å². The van der Waals surface area contributed by atoms with Crippen molar-refractivity contribution in [3.8, 4) is 0 Å². The lowest BCUT2D eigenvalue weighted by atomic mass is 10.1. The third-order valence-corrected chi connectivity index (χ3v) is 2.39. The minimum atomic E-state index is -0.298. The maximum absolute atomic E-state index is 12.8. The Labute approximate surface area is 85.1 Å². The van der Waals surface area contributed by atoms with Gasteiger partial charge in [0.15, 0.2) is 0 Å². The van der Waals surface area contributed by atoms with Crippen LogP contribution in [0.1, 0.15) is 18.9 Å². The quantitative estimate of drug-likeness (QED) is 0.799. The SMILES string of the molecule is CCC(=O)Cc1ccc(F)c(Br)c1. The van der Waals surface area contributed by atoms with Crippen molar-refractivity contribution in [1.82, 2.24) is 0 Å². The van der Waals surface area contributed by atoms with Crippen molar-refractivity contribution >= 4 is 21.7 Å². The minimum Gasteiger partial charge on any atom is -0.299 e. The summed E-state index contributed by atoms with van der Waals surface area (Å²) in [6.07, 6.45) is 0.907. The zero-order valence-corrected chi connectivity index (χ0v) is 8.90. The number of rotatable bonds is 3. The summed E-state index contributed by atoms with van der Waals surface area (Å²) < 4.78 is 13.2. The van der Waals surface area contributed by atoms with Gasteiger partial charge in [0.05, 0.1) is 4.47 Å². The maximum Gasteiger partial charge on any atom is 0.137 e. The van der Waals surface area contributed by atoms with E-state index < -0.39 is 0 Å². The molecule has 1 aromatic carbocycles. The van der Waals surface area contributed by atoms with Crippen molar-refractivity contribution in [2.75, 3.05) is 0 Å². The molecule has 0 aliphatic rings. The molecule has 70 valence electrons. The fraction of sp³-hybridized carbons (Fsp3) is 0.300. The van der Waals surface area contributed by atoms with Crippen molar-refractivity contribution in [1.29, 1.82) is 0 Å². The fourth-order valence-electron chi connectivity index (χ4n) is 1.00. The van der Waals surface area contributed by atoms with Gasteiger partial charge in [0.1, 0.15) is 11.6 Å². The van der Waals surface area contributed by atoms with Crippen molar-refractivity contribution in [2.24, 2.45) is 0 Å². The summed E-state index contributed by atoms with van der Waals surface area (Å²) >= 11 is 3.07. The van der Waals surface area contributed by atoms with Crippen LogP contribution in [0.15, 0.2) is 22.7 Å². The van der Waals surface area contributed by atoms with E-state index in [1.807, 2.05) is 6.92 Å². The largest absolute Gasteiger partial charge is 0.299 e. The summed E-state index contributed by atoms with van der Waals surface area (Å²) in [6, 6.07) is 4.64. The van der Waals surface area contributed by atoms with Crippen molar-refractivity contribution in [3.05, 3.63) is 34.1 Å². The van der Waals surface area contributed by atoms with E-state index in [4.69, 9.17) is 0 Å². The van der Waals surface area contributed by atoms with Gasteiger partial charge in [-0.05, 0) is 33.6 Å². The van der Waals surface area contributed by atoms with E-state index in [2.05, 4.69) is 15.9 Å². The minimum absolute atomic E-state index is 0.165. The van der Waals surface area contributed by atoms with Gasteiger partial charge >= 0.3 is 0 Å². The number of carbonyl (C=O) groups is 1. The molecule has 1 aromatic rings. The molecule has 0 radical (unpaired) electrons. The Kier molecular flexibility index (Phi) is 3.60. The Morgan fingerprint density at radius 3 is 2.77 bits per heavy atom. The second kappa shape index (κ2) is 4.51. The molecular weight excluding hydrogens is 235 g/mol. The van der Waals surface area contributed by atoms with Crippen LogP contribution in [0.3, 0.4) is 0 Å². The standard InChI is InChI=1S/C10H10BrFO/c1-2-8(13)5-7-3-4-10(12)9(11)6-7/h3-4,6H,2,5H2,1H3. The lowest BCUT2D eigenvalue weighted by Gasteiger charge is -2.00. The van der Waals surface area contributed by atoms with Crippen molar-refractivity contribution < 1.29 is 9.18 Å². The summed E-state index contributed by atoms with van der Waals surface area (Å²) in [5.41, 5.74) is 0.847. The zero-order chi connectivity index (χ0) is 9.84. The number of carbonyl (C=O) groups excluding carboxylic acids is 1. The van der Waals surface area contributed by atoms with Gasteiger partial charge in [-0.25, -0.2) is 4.39 Å². The van der Waals surface area contributed by atoms with Gasteiger partial charge < -0.3 is 0 Å². The molecule has 0 saturated carbocycles. The Morgan fingerprint density at radius 2 is 2.23 bits per heavy atom. The average Bonchev–Trinajstić information content (AvgIpc) is 2.11. The molecule has 0 unspecified atom stereocenters. The third-order valence-electron chi connectivity index (χ3n) is 1.78. The fourth-order valence-corrected chi connectivity index (χ4v) is 1.43. The van der Waals surface area contributed by atoms with Crippen molar-refractivity contribution in [2.45, 2.75) is 19.8 Å². The second-order valence-electron chi connectivity index (χ2n) is 2.82. The highest BCUT2D eigenvalue weighted by molar-refractivity contribution is 9.10. The van der Waals surface area contributed by atoms with Crippen LogP contribution >= 0.6 is 15.9 Å². The maximum atomic E-state index is 12.8. The molecule has 0 aliphatic heterocycles. The number of ketones is 1. The van der Waals surface area contributed by atoms with E-state index in [0.29, 0.717) is 17.3 Å². The molecule has 0 fully saturated rings. The van der Waals surface area contributed by atoms with Crippen molar-refractivity contribution in [3.63, 3.8) is 0 Å². The molecule has 0 amide bonds. The predicted octanol–water partition coefficient (Wildman–Crippen LogP) is 3.11. The summed E-state index contributed by atoms with van der Waals surface area (Å²) in [5.74, 6) is -0.133. The molecule has 0 spiro atoms. The van der Waals surface area contributed by atoms with Crippen LogP contribution in [0.25, 0.3) is 0 Å². The first-order valence-electron chi connectivity index (χ1n) is 4.09. The topological polar surface area (TPSA) is 17.1 Å². The predicted molar refractivity (Wildman–Crippen MR) is 53.1 cm³/mol. The summed E-state index contributed by atoms with van der Waals surface area (Å²) in [4.78, 5) is 11.1. The molecule has 0 atom stereocenters. The lowest BCUT2D eigenvalue weighted by Crippen LogP contribution is -2.00. The first kappa shape index (κ1) is 10.4. The molecule has 0 N–H and O–H groups in total. The van der Waals surface area contributed by atoms with E-state index in [-0.39, 0.29) is 11.6 Å². The molecule has 0 heterocycles. The van der Waals surface area contributed by atoms with Crippen LogP contribution in [0.4, 0.5) is 4.39 Å². The molecular formula is C10H10BrFO. The van der Waals surface area contributed by atoms with E-state index in [0.717, 1.165) is 5.56 Å². The number of hydrogen-bond acceptors (Lipinski definition) is 1. The molecule has 3 heteroatoms. The monoisotopic (exact) mass is 244 g/mol. The molecule has 0 bridgehead atoms. The molecule has 1 rings (SSSR count). The smallest absolute Gasteiger partial charge is 0.137 e. The van der Waals surface area contributed by atoms with Crippen LogP contribution in [-0.2, 0) is 11.2 Å². The van der Waals surface area contributed by atoms with Gasteiger partial charge in [0.2, 0.25) is 0 Å².